The predicted molar refractivity (Wildman–Crippen MR) is 106 cm³/mol. The van der Waals surface area contributed by atoms with Crippen molar-refractivity contribution >= 4 is 29.3 Å². The Kier molecular flexibility index (Phi) is 5.45. The van der Waals surface area contributed by atoms with Crippen LogP contribution in [0, 0.1) is 0 Å². The van der Waals surface area contributed by atoms with E-state index in [9.17, 15) is 4.79 Å². The normalized spacial score (nSPS) is 15.1. The lowest BCUT2D eigenvalue weighted by Crippen LogP contribution is -2.31. The van der Waals surface area contributed by atoms with Crippen molar-refractivity contribution in [1.82, 2.24) is 15.1 Å². The lowest BCUT2D eigenvalue weighted by atomic mass is 10.1. The van der Waals surface area contributed by atoms with E-state index in [0.717, 1.165) is 37.1 Å². The van der Waals surface area contributed by atoms with Crippen LogP contribution < -0.4 is 0 Å². The molecular weight excluding hydrogens is 382 g/mol. The SMILES string of the molecule is O=C([C@@H](Sc1nnc(-c2ccc(Cl)cc2)o1)c1ccccc1)N1CCCC1. The highest BCUT2D eigenvalue weighted by Gasteiger charge is 2.30. The molecule has 0 N–H and O–H groups in total. The highest BCUT2D eigenvalue weighted by atomic mass is 35.5. The molecule has 1 amide bonds. The third-order valence-electron chi connectivity index (χ3n) is 4.46. The number of hydrogen-bond acceptors (Lipinski definition) is 5. The van der Waals surface area contributed by atoms with E-state index in [1.807, 2.05) is 47.4 Å². The van der Waals surface area contributed by atoms with Crippen LogP contribution in [-0.4, -0.2) is 34.1 Å². The summed E-state index contributed by atoms with van der Waals surface area (Å²) < 4.78 is 5.80. The first-order valence-corrected chi connectivity index (χ1v) is 10.1. The van der Waals surface area contributed by atoms with Crippen LogP contribution in [0.25, 0.3) is 11.5 Å². The van der Waals surface area contributed by atoms with Gasteiger partial charge in [-0.3, -0.25) is 4.79 Å². The molecule has 7 heteroatoms. The van der Waals surface area contributed by atoms with Gasteiger partial charge in [0, 0.05) is 23.7 Å². The first-order chi connectivity index (χ1) is 13.2. The molecule has 1 aromatic heterocycles. The van der Waals surface area contributed by atoms with Gasteiger partial charge >= 0.3 is 0 Å². The Morgan fingerprint density at radius 2 is 1.74 bits per heavy atom. The van der Waals surface area contributed by atoms with Gasteiger partial charge in [0.2, 0.25) is 11.8 Å². The molecule has 0 saturated carbocycles. The fraction of sp³-hybridized carbons (Fsp3) is 0.250. The maximum Gasteiger partial charge on any atom is 0.277 e. The van der Waals surface area contributed by atoms with Gasteiger partial charge in [0.15, 0.2) is 0 Å². The Morgan fingerprint density at radius 3 is 2.44 bits per heavy atom. The number of carbonyl (C=O) groups excluding carboxylic acids is 1. The highest BCUT2D eigenvalue weighted by molar-refractivity contribution is 8.00. The fourth-order valence-corrected chi connectivity index (χ4v) is 4.15. The summed E-state index contributed by atoms with van der Waals surface area (Å²) in [6, 6.07) is 16.9. The van der Waals surface area contributed by atoms with Gasteiger partial charge in [-0.15, -0.1) is 10.2 Å². The number of thioether (sulfide) groups is 1. The zero-order chi connectivity index (χ0) is 18.6. The van der Waals surface area contributed by atoms with Crippen LogP contribution in [0.3, 0.4) is 0 Å². The minimum atomic E-state index is -0.400. The second-order valence-corrected chi connectivity index (χ2v) is 7.81. The van der Waals surface area contributed by atoms with E-state index in [4.69, 9.17) is 16.0 Å². The second-order valence-electron chi connectivity index (χ2n) is 6.32. The molecule has 0 spiro atoms. The molecule has 0 bridgehead atoms. The summed E-state index contributed by atoms with van der Waals surface area (Å²) in [6.07, 6.45) is 2.11. The number of rotatable bonds is 5. The van der Waals surface area contributed by atoms with Gasteiger partial charge in [0.1, 0.15) is 5.25 Å². The molecule has 2 heterocycles. The fourth-order valence-electron chi connectivity index (χ4n) is 3.06. The Balaban J connectivity index is 1.58. The molecule has 1 aliphatic heterocycles. The molecular formula is C20H18ClN3O2S. The number of amides is 1. The van der Waals surface area contributed by atoms with Crippen LogP contribution in [-0.2, 0) is 4.79 Å². The van der Waals surface area contributed by atoms with Crippen LogP contribution in [0.4, 0.5) is 0 Å². The summed E-state index contributed by atoms with van der Waals surface area (Å²) in [7, 11) is 0. The van der Waals surface area contributed by atoms with Crippen molar-refractivity contribution in [2.45, 2.75) is 23.3 Å². The van der Waals surface area contributed by atoms with Gasteiger partial charge in [0.25, 0.3) is 5.22 Å². The van der Waals surface area contributed by atoms with E-state index in [-0.39, 0.29) is 5.91 Å². The Morgan fingerprint density at radius 1 is 1.04 bits per heavy atom. The largest absolute Gasteiger partial charge is 0.411 e. The van der Waals surface area contributed by atoms with Crippen molar-refractivity contribution < 1.29 is 9.21 Å². The summed E-state index contributed by atoms with van der Waals surface area (Å²) >= 11 is 7.22. The second kappa shape index (κ2) is 8.15. The number of likely N-dealkylation sites (tertiary alicyclic amines) is 1. The molecule has 1 fully saturated rings. The molecule has 1 aliphatic rings. The summed E-state index contributed by atoms with van der Waals surface area (Å²) in [5.41, 5.74) is 1.73. The Labute approximate surface area is 166 Å². The maximum absolute atomic E-state index is 13.1. The van der Waals surface area contributed by atoms with Gasteiger partial charge in [-0.1, -0.05) is 41.9 Å². The summed E-state index contributed by atoms with van der Waals surface area (Å²) in [5.74, 6) is 0.504. The monoisotopic (exact) mass is 399 g/mol. The summed E-state index contributed by atoms with van der Waals surface area (Å²) in [6.45, 7) is 1.62. The standard InChI is InChI=1S/C20H18ClN3O2S/c21-16-10-8-15(9-11-16)18-22-23-20(26-18)27-17(14-6-2-1-3-7-14)19(25)24-12-4-5-13-24/h1-3,6-11,17H,4-5,12-13H2/t17-/m0/s1. The van der Waals surface area contributed by atoms with Gasteiger partial charge in [0.05, 0.1) is 0 Å². The maximum atomic E-state index is 13.1. The van der Waals surface area contributed by atoms with Crippen molar-refractivity contribution in [3.8, 4) is 11.5 Å². The zero-order valence-electron chi connectivity index (χ0n) is 14.5. The lowest BCUT2D eigenvalue weighted by Gasteiger charge is -2.22. The van der Waals surface area contributed by atoms with E-state index >= 15 is 0 Å². The molecule has 1 atom stereocenters. The van der Waals surface area contributed by atoms with Crippen molar-refractivity contribution in [3.05, 3.63) is 65.2 Å². The molecule has 0 radical (unpaired) electrons. The third-order valence-corrected chi connectivity index (χ3v) is 5.79. The van der Waals surface area contributed by atoms with Crippen molar-refractivity contribution in [1.29, 1.82) is 0 Å². The van der Waals surface area contributed by atoms with Crippen LogP contribution in [0.1, 0.15) is 23.7 Å². The summed E-state index contributed by atoms with van der Waals surface area (Å²) in [5, 5.41) is 8.87. The molecule has 2 aromatic carbocycles. The topological polar surface area (TPSA) is 59.2 Å². The smallest absolute Gasteiger partial charge is 0.277 e. The van der Waals surface area contributed by atoms with Crippen LogP contribution in [0.2, 0.25) is 5.02 Å². The minimum Gasteiger partial charge on any atom is -0.411 e. The van der Waals surface area contributed by atoms with E-state index in [1.54, 1.807) is 12.1 Å². The average molecular weight is 400 g/mol. The predicted octanol–water partition coefficient (Wildman–Crippen LogP) is 4.85. The highest BCUT2D eigenvalue weighted by Crippen LogP contribution is 2.37. The van der Waals surface area contributed by atoms with E-state index < -0.39 is 5.25 Å². The first-order valence-electron chi connectivity index (χ1n) is 8.80. The number of halogens is 1. The number of nitrogens with zero attached hydrogens (tertiary/aromatic N) is 3. The molecule has 27 heavy (non-hydrogen) atoms. The van der Waals surface area contributed by atoms with Crippen LogP contribution in [0.5, 0.6) is 0 Å². The number of benzene rings is 2. The molecule has 3 aromatic rings. The molecule has 0 unspecified atom stereocenters. The summed E-state index contributed by atoms with van der Waals surface area (Å²) in [4.78, 5) is 15.0. The van der Waals surface area contributed by atoms with Gasteiger partial charge < -0.3 is 9.32 Å². The van der Waals surface area contributed by atoms with Gasteiger partial charge in [-0.05, 0) is 54.4 Å². The van der Waals surface area contributed by atoms with Crippen LogP contribution >= 0.6 is 23.4 Å². The molecule has 0 aliphatic carbocycles. The third kappa shape index (κ3) is 4.17. The number of carbonyl (C=O) groups is 1. The van der Waals surface area contributed by atoms with Gasteiger partial charge in [-0.2, -0.15) is 0 Å². The van der Waals surface area contributed by atoms with Gasteiger partial charge in [-0.25, -0.2) is 0 Å². The quantitative estimate of drug-likeness (QED) is 0.574. The molecule has 5 nitrogen and oxygen atoms in total. The molecule has 138 valence electrons. The van der Waals surface area contributed by atoms with Crippen LogP contribution in [0.15, 0.2) is 64.2 Å². The zero-order valence-corrected chi connectivity index (χ0v) is 16.1. The number of hydrogen-bond donors (Lipinski definition) is 0. The Hall–Kier alpha value is -2.31. The first kappa shape index (κ1) is 18.1. The van der Waals surface area contributed by atoms with Crippen molar-refractivity contribution in [2.75, 3.05) is 13.1 Å². The lowest BCUT2D eigenvalue weighted by molar-refractivity contribution is -0.129. The molecule has 4 rings (SSSR count). The number of aromatic nitrogens is 2. The minimum absolute atomic E-state index is 0.0925. The van der Waals surface area contributed by atoms with E-state index in [2.05, 4.69) is 10.2 Å². The van der Waals surface area contributed by atoms with Crippen molar-refractivity contribution in [3.63, 3.8) is 0 Å². The van der Waals surface area contributed by atoms with E-state index in [0.29, 0.717) is 16.1 Å². The van der Waals surface area contributed by atoms with E-state index in [1.165, 1.54) is 11.8 Å². The Bertz CT molecular complexity index is 908. The molecule has 1 saturated heterocycles. The average Bonchev–Trinajstić information content (AvgIpc) is 3.39. The van der Waals surface area contributed by atoms with Crippen molar-refractivity contribution in [2.24, 2.45) is 0 Å².